The molecule has 3 heterocycles. The first-order valence-corrected chi connectivity index (χ1v) is 6.49. The Labute approximate surface area is 120 Å². The molecule has 2 aromatic heterocycles. The zero-order chi connectivity index (χ0) is 14.7. The Morgan fingerprint density at radius 1 is 1.43 bits per heavy atom. The van der Waals surface area contributed by atoms with Crippen molar-refractivity contribution in [3.05, 3.63) is 36.8 Å². The molecular formula is C13H14N6O2. The number of hydrogen-bond acceptors (Lipinski definition) is 5. The minimum Gasteiger partial charge on any atom is -0.353 e. The Morgan fingerprint density at radius 3 is 2.95 bits per heavy atom. The lowest BCUT2D eigenvalue weighted by atomic mass is 10.2. The lowest BCUT2D eigenvalue weighted by Crippen LogP contribution is -2.56. The third-order valence-electron chi connectivity index (χ3n) is 3.08. The van der Waals surface area contributed by atoms with Gasteiger partial charge >= 0.3 is 0 Å². The number of hydrogen-bond donors (Lipinski definition) is 3. The van der Waals surface area contributed by atoms with Crippen LogP contribution in [0.4, 0.5) is 5.69 Å². The van der Waals surface area contributed by atoms with Crippen molar-refractivity contribution in [3.8, 4) is 5.82 Å². The maximum atomic E-state index is 12.0. The van der Waals surface area contributed by atoms with Crippen LogP contribution in [0.2, 0.25) is 0 Å². The van der Waals surface area contributed by atoms with Crippen LogP contribution in [0.25, 0.3) is 5.82 Å². The number of anilines is 1. The van der Waals surface area contributed by atoms with E-state index in [4.69, 9.17) is 0 Å². The van der Waals surface area contributed by atoms with E-state index in [9.17, 15) is 9.59 Å². The zero-order valence-corrected chi connectivity index (χ0v) is 11.1. The highest BCUT2D eigenvalue weighted by Gasteiger charge is 2.23. The number of piperazine rings is 1. The molecule has 0 aromatic carbocycles. The van der Waals surface area contributed by atoms with E-state index < -0.39 is 6.04 Å². The average molecular weight is 286 g/mol. The van der Waals surface area contributed by atoms with Crippen LogP contribution in [-0.2, 0) is 9.59 Å². The quantitative estimate of drug-likeness (QED) is 0.692. The first-order chi connectivity index (χ1) is 10.2. The van der Waals surface area contributed by atoms with Crippen LogP contribution >= 0.6 is 0 Å². The first kappa shape index (κ1) is 13.3. The Bertz CT molecular complexity index is 627. The molecule has 1 unspecified atom stereocenters. The van der Waals surface area contributed by atoms with E-state index in [1.165, 1.54) is 0 Å². The fourth-order valence-electron chi connectivity index (χ4n) is 1.98. The number of rotatable bonds is 3. The average Bonchev–Trinajstić information content (AvgIpc) is 3.03. The second kappa shape index (κ2) is 5.71. The summed E-state index contributed by atoms with van der Waals surface area (Å²) in [5.41, 5.74) is 0.592. The van der Waals surface area contributed by atoms with Crippen molar-refractivity contribution in [1.82, 2.24) is 25.4 Å². The topological polar surface area (TPSA) is 101 Å². The molecule has 0 spiro atoms. The van der Waals surface area contributed by atoms with Gasteiger partial charge in [-0.1, -0.05) is 0 Å². The van der Waals surface area contributed by atoms with E-state index in [1.807, 2.05) is 0 Å². The lowest BCUT2D eigenvalue weighted by molar-refractivity contribution is -0.124. The third-order valence-corrected chi connectivity index (χ3v) is 3.08. The van der Waals surface area contributed by atoms with Gasteiger partial charge in [0.25, 0.3) is 0 Å². The van der Waals surface area contributed by atoms with Crippen LogP contribution < -0.4 is 16.0 Å². The molecule has 1 aliphatic rings. The van der Waals surface area contributed by atoms with Crippen molar-refractivity contribution >= 4 is 17.5 Å². The summed E-state index contributed by atoms with van der Waals surface area (Å²) < 4.78 is 1.63. The number of aromatic nitrogens is 3. The fourth-order valence-corrected chi connectivity index (χ4v) is 1.98. The molecule has 2 amide bonds. The van der Waals surface area contributed by atoms with Crippen LogP contribution in [0.15, 0.2) is 36.8 Å². The van der Waals surface area contributed by atoms with Gasteiger partial charge in [-0.2, -0.15) is 5.10 Å². The number of carbonyl (C=O) groups is 2. The summed E-state index contributed by atoms with van der Waals surface area (Å²) in [4.78, 5) is 27.3. The van der Waals surface area contributed by atoms with Crippen molar-refractivity contribution in [2.75, 3.05) is 18.4 Å². The van der Waals surface area contributed by atoms with Crippen molar-refractivity contribution in [3.63, 3.8) is 0 Å². The Morgan fingerprint density at radius 2 is 2.33 bits per heavy atom. The highest BCUT2D eigenvalue weighted by atomic mass is 16.2. The van der Waals surface area contributed by atoms with Crippen LogP contribution in [0.5, 0.6) is 0 Å². The van der Waals surface area contributed by atoms with Gasteiger partial charge in [-0.25, -0.2) is 9.67 Å². The molecule has 0 radical (unpaired) electrons. The Balaban J connectivity index is 1.62. The molecule has 1 saturated heterocycles. The molecular weight excluding hydrogens is 272 g/mol. The Hall–Kier alpha value is -2.74. The molecule has 2 aromatic rings. The molecule has 8 nitrogen and oxygen atoms in total. The van der Waals surface area contributed by atoms with Crippen LogP contribution in [0.1, 0.15) is 0 Å². The minimum atomic E-state index is -0.437. The second-order valence-corrected chi connectivity index (χ2v) is 4.58. The smallest absolute Gasteiger partial charge is 0.243 e. The van der Waals surface area contributed by atoms with Crippen LogP contribution in [0, 0.1) is 0 Å². The summed E-state index contributed by atoms with van der Waals surface area (Å²) >= 11 is 0. The molecule has 3 N–H and O–H groups in total. The third kappa shape index (κ3) is 3.06. The van der Waals surface area contributed by atoms with E-state index in [0.717, 1.165) is 0 Å². The van der Waals surface area contributed by atoms with E-state index in [-0.39, 0.29) is 24.9 Å². The molecule has 3 rings (SSSR count). The fraction of sp³-hybridized carbons (Fsp3) is 0.231. The van der Waals surface area contributed by atoms with Gasteiger partial charge in [-0.3, -0.25) is 14.9 Å². The summed E-state index contributed by atoms with van der Waals surface area (Å²) in [5, 5.41) is 12.3. The van der Waals surface area contributed by atoms with E-state index >= 15 is 0 Å². The normalized spacial score (nSPS) is 18.1. The van der Waals surface area contributed by atoms with Gasteiger partial charge in [-0.15, -0.1) is 0 Å². The summed E-state index contributed by atoms with van der Waals surface area (Å²) in [6.07, 6.45) is 5.02. The van der Waals surface area contributed by atoms with Gasteiger partial charge in [0.05, 0.1) is 18.4 Å². The molecule has 1 aliphatic heterocycles. The molecule has 1 atom stereocenters. The van der Waals surface area contributed by atoms with Crippen molar-refractivity contribution < 1.29 is 9.59 Å². The molecule has 0 bridgehead atoms. The summed E-state index contributed by atoms with van der Waals surface area (Å²) in [6.45, 7) is 0.429. The maximum absolute atomic E-state index is 12.0. The summed E-state index contributed by atoms with van der Waals surface area (Å²) in [6, 6.07) is 4.89. The van der Waals surface area contributed by atoms with Gasteiger partial charge in [0, 0.05) is 18.9 Å². The van der Waals surface area contributed by atoms with Gasteiger partial charge in [-0.05, 0) is 18.2 Å². The monoisotopic (exact) mass is 286 g/mol. The number of amides is 2. The highest BCUT2D eigenvalue weighted by Crippen LogP contribution is 2.09. The minimum absolute atomic E-state index is 0.107. The predicted octanol–water partition coefficient (Wildman–Crippen LogP) is -0.706. The van der Waals surface area contributed by atoms with E-state index in [0.29, 0.717) is 11.5 Å². The van der Waals surface area contributed by atoms with Gasteiger partial charge in [0.2, 0.25) is 11.8 Å². The van der Waals surface area contributed by atoms with E-state index in [1.54, 1.807) is 41.5 Å². The van der Waals surface area contributed by atoms with Crippen molar-refractivity contribution in [1.29, 1.82) is 0 Å². The SMILES string of the molecule is O=C1CNC(C(=O)Nc2ccc(-n3cccn3)nc2)CN1. The Kier molecular flexibility index (Phi) is 3.61. The second-order valence-electron chi connectivity index (χ2n) is 4.58. The summed E-state index contributed by atoms with van der Waals surface area (Å²) in [7, 11) is 0. The predicted molar refractivity (Wildman–Crippen MR) is 74.8 cm³/mol. The zero-order valence-electron chi connectivity index (χ0n) is 11.1. The molecule has 21 heavy (non-hydrogen) atoms. The largest absolute Gasteiger partial charge is 0.353 e. The number of nitrogens with zero attached hydrogens (tertiary/aromatic N) is 3. The van der Waals surface area contributed by atoms with E-state index in [2.05, 4.69) is 26.0 Å². The number of nitrogens with one attached hydrogen (secondary N) is 3. The van der Waals surface area contributed by atoms with Gasteiger partial charge < -0.3 is 10.6 Å². The standard InChI is InChI=1S/C13H14N6O2/c20-12-8-14-10(7-16-12)13(21)18-9-2-3-11(15-6-9)19-5-1-4-17-19/h1-6,10,14H,7-8H2,(H,16,20)(H,18,21). The molecule has 108 valence electrons. The molecule has 1 fully saturated rings. The number of carbonyl (C=O) groups excluding carboxylic acids is 2. The van der Waals surface area contributed by atoms with Crippen molar-refractivity contribution in [2.45, 2.75) is 6.04 Å². The highest BCUT2D eigenvalue weighted by molar-refractivity contribution is 5.96. The molecule has 0 saturated carbocycles. The van der Waals surface area contributed by atoms with Crippen molar-refractivity contribution in [2.24, 2.45) is 0 Å². The van der Waals surface area contributed by atoms with Crippen LogP contribution in [0.3, 0.4) is 0 Å². The number of pyridine rings is 1. The first-order valence-electron chi connectivity index (χ1n) is 6.49. The molecule has 8 heteroatoms. The molecule has 0 aliphatic carbocycles. The summed E-state index contributed by atoms with van der Waals surface area (Å²) in [5.74, 6) is 0.356. The van der Waals surface area contributed by atoms with Gasteiger partial charge in [0.15, 0.2) is 5.82 Å². The van der Waals surface area contributed by atoms with Crippen LogP contribution in [-0.4, -0.2) is 45.7 Å². The van der Waals surface area contributed by atoms with Gasteiger partial charge in [0.1, 0.15) is 6.04 Å². The maximum Gasteiger partial charge on any atom is 0.243 e. The lowest BCUT2D eigenvalue weighted by Gasteiger charge is -2.23.